The van der Waals surface area contributed by atoms with Crippen molar-refractivity contribution in [3.63, 3.8) is 0 Å². The first-order chi connectivity index (χ1) is 13.3. The van der Waals surface area contributed by atoms with Gasteiger partial charge in [0.2, 0.25) is 5.91 Å². The molecule has 0 unspecified atom stereocenters. The van der Waals surface area contributed by atoms with Gasteiger partial charge in [-0.1, -0.05) is 23.7 Å². The molecular weight excluding hydrogens is 406 g/mol. The SMILES string of the molecule is O=C(CN1C(=O)S/C(=C\c2cccc([N+](=O)[O-])c2)C1=O)Nc1ccc(Cl)cc1. The molecule has 3 rings (SSSR count). The van der Waals surface area contributed by atoms with Gasteiger partial charge in [-0.25, -0.2) is 0 Å². The van der Waals surface area contributed by atoms with Crippen LogP contribution in [0.15, 0.2) is 53.4 Å². The largest absolute Gasteiger partial charge is 0.325 e. The lowest BCUT2D eigenvalue weighted by atomic mass is 10.2. The maximum Gasteiger partial charge on any atom is 0.294 e. The average Bonchev–Trinajstić information content (AvgIpc) is 2.91. The van der Waals surface area contributed by atoms with Crippen LogP contribution in [0.1, 0.15) is 5.56 Å². The van der Waals surface area contributed by atoms with Crippen LogP contribution in [0.2, 0.25) is 5.02 Å². The second kappa shape index (κ2) is 8.24. The van der Waals surface area contributed by atoms with E-state index in [9.17, 15) is 24.5 Å². The van der Waals surface area contributed by atoms with Gasteiger partial charge in [-0.05, 0) is 47.7 Å². The van der Waals surface area contributed by atoms with Gasteiger partial charge in [0.1, 0.15) is 6.54 Å². The molecule has 0 aliphatic carbocycles. The summed E-state index contributed by atoms with van der Waals surface area (Å²) in [5, 5.41) is 13.3. The number of benzene rings is 2. The molecule has 0 atom stereocenters. The molecule has 1 fully saturated rings. The Morgan fingerprint density at radius 1 is 1.21 bits per heavy atom. The van der Waals surface area contributed by atoms with Crippen molar-refractivity contribution in [1.82, 2.24) is 4.90 Å². The number of carbonyl (C=O) groups is 3. The Bertz CT molecular complexity index is 1010. The van der Waals surface area contributed by atoms with Crippen molar-refractivity contribution < 1.29 is 19.3 Å². The van der Waals surface area contributed by atoms with Crippen molar-refractivity contribution in [3.05, 3.63) is 74.1 Å². The van der Waals surface area contributed by atoms with E-state index < -0.39 is 28.5 Å². The van der Waals surface area contributed by atoms with Gasteiger partial charge < -0.3 is 5.32 Å². The van der Waals surface area contributed by atoms with Gasteiger partial charge in [0.05, 0.1) is 9.83 Å². The molecule has 0 saturated carbocycles. The van der Waals surface area contributed by atoms with Crippen LogP contribution in [0.5, 0.6) is 0 Å². The summed E-state index contributed by atoms with van der Waals surface area (Å²) in [6, 6.07) is 12.1. The number of halogens is 1. The van der Waals surface area contributed by atoms with Gasteiger partial charge in [-0.3, -0.25) is 29.4 Å². The number of nitro benzene ring substituents is 1. The Morgan fingerprint density at radius 3 is 2.61 bits per heavy atom. The number of nitrogens with zero attached hydrogens (tertiary/aromatic N) is 2. The smallest absolute Gasteiger partial charge is 0.294 e. The third-order valence-electron chi connectivity index (χ3n) is 3.68. The highest BCUT2D eigenvalue weighted by Crippen LogP contribution is 2.32. The highest BCUT2D eigenvalue weighted by Gasteiger charge is 2.36. The maximum atomic E-state index is 12.5. The molecule has 1 heterocycles. The molecule has 3 amide bonds. The third-order valence-corrected chi connectivity index (χ3v) is 4.84. The highest BCUT2D eigenvalue weighted by atomic mass is 35.5. The zero-order chi connectivity index (χ0) is 20.3. The molecule has 0 aromatic heterocycles. The van der Waals surface area contributed by atoms with E-state index in [4.69, 9.17) is 11.6 Å². The lowest BCUT2D eigenvalue weighted by molar-refractivity contribution is -0.384. The van der Waals surface area contributed by atoms with E-state index in [0.29, 0.717) is 28.0 Å². The van der Waals surface area contributed by atoms with Crippen LogP contribution in [-0.2, 0) is 9.59 Å². The molecule has 0 spiro atoms. The minimum atomic E-state index is -0.632. The molecule has 2 aromatic rings. The molecule has 28 heavy (non-hydrogen) atoms. The number of hydrogen-bond acceptors (Lipinski definition) is 6. The molecule has 0 radical (unpaired) electrons. The normalized spacial score (nSPS) is 15.2. The Kier molecular flexibility index (Phi) is 5.76. The molecule has 10 heteroatoms. The molecule has 2 aromatic carbocycles. The summed E-state index contributed by atoms with van der Waals surface area (Å²) in [5.74, 6) is -1.17. The number of rotatable bonds is 5. The lowest BCUT2D eigenvalue weighted by Crippen LogP contribution is -2.36. The number of anilines is 1. The van der Waals surface area contributed by atoms with Gasteiger partial charge in [0, 0.05) is 22.8 Å². The lowest BCUT2D eigenvalue weighted by Gasteiger charge is -2.12. The van der Waals surface area contributed by atoms with Crippen molar-refractivity contribution in [2.45, 2.75) is 0 Å². The van der Waals surface area contributed by atoms with E-state index >= 15 is 0 Å². The summed E-state index contributed by atoms with van der Waals surface area (Å²) in [6.45, 7) is -0.445. The van der Waals surface area contributed by atoms with Crippen molar-refractivity contribution in [1.29, 1.82) is 0 Å². The molecule has 1 aliphatic heterocycles. The second-order valence-electron chi connectivity index (χ2n) is 5.68. The zero-order valence-electron chi connectivity index (χ0n) is 14.1. The van der Waals surface area contributed by atoms with Crippen molar-refractivity contribution in [3.8, 4) is 0 Å². The van der Waals surface area contributed by atoms with E-state index in [1.807, 2.05) is 0 Å². The molecule has 0 bridgehead atoms. The Balaban J connectivity index is 1.71. The van der Waals surface area contributed by atoms with Crippen LogP contribution in [-0.4, -0.2) is 33.4 Å². The second-order valence-corrected chi connectivity index (χ2v) is 7.10. The molecule has 8 nitrogen and oxygen atoms in total. The van der Waals surface area contributed by atoms with Crippen LogP contribution < -0.4 is 5.32 Å². The van der Waals surface area contributed by atoms with E-state index in [1.165, 1.54) is 24.3 Å². The van der Waals surface area contributed by atoms with Gasteiger partial charge in [0.25, 0.3) is 16.8 Å². The number of nitro groups is 1. The quantitative estimate of drug-likeness (QED) is 0.448. The number of imide groups is 1. The summed E-state index contributed by atoms with van der Waals surface area (Å²) >= 11 is 6.45. The summed E-state index contributed by atoms with van der Waals surface area (Å²) in [6.07, 6.45) is 1.38. The summed E-state index contributed by atoms with van der Waals surface area (Å²) in [5.41, 5.74) is 0.758. The van der Waals surface area contributed by atoms with Crippen LogP contribution in [0.25, 0.3) is 6.08 Å². The first-order valence-electron chi connectivity index (χ1n) is 7.89. The van der Waals surface area contributed by atoms with Crippen LogP contribution in [0.4, 0.5) is 16.2 Å². The number of non-ortho nitro benzene ring substituents is 1. The monoisotopic (exact) mass is 417 g/mol. The first-order valence-corrected chi connectivity index (χ1v) is 9.08. The Morgan fingerprint density at radius 2 is 1.93 bits per heavy atom. The number of hydrogen-bond donors (Lipinski definition) is 1. The predicted molar refractivity (Wildman–Crippen MR) is 106 cm³/mol. The topological polar surface area (TPSA) is 110 Å². The average molecular weight is 418 g/mol. The zero-order valence-corrected chi connectivity index (χ0v) is 15.7. The van der Waals surface area contributed by atoms with Gasteiger partial charge in [-0.2, -0.15) is 0 Å². The number of nitrogens with one attached hydrogen (secondary N) is 1. The van der Waals surface area contributed by atoms with Gasteiger partial charge in [-0.15, -0.1) is 0 Å². The first kappa shape index (κ1) is 19.6. The Hall–Kier alpha value is -3.17. The van der Waals surface area contributed by atoms with E-state index in [1.54, 1.807) is 30.3 Å². The fourth-order valence-corrected chi connectivity index (χ4v) is 3.36. The maximum absolute atomic E-state index is 12.5. The number of thioether (sulfide) groups is 1. The molecule has 1 saturated heterocycles. The van der Waals surface area contributed by atoms with E-state index in [2.05, 4.69) is 5.32 Å². The molecular formula is C18H12ClN3O5S. The Labute approximate surface area is 168 Å². The van der Waals surface area contributed by atoms with Gasteiger partial charge in [0.15, 0.2) is 0 Å². The summed E-state index contributed by atoms with van der Waals surface area (Å²) < 4.78 is 0. The van der Waals surface area contributed by atoms with Gasteiger partial charge >= 0.3 is 0 Å². The fraction of sp³-hybridized carbons (Fsp3) is 0.0556. The van der Waals surface area contributed by atoms with Crippen molar-refractivity contribution in [2.24, 2.45) is 0 Å². The summed E-state index contributed by atoms with van der Waals surface area (Å²) in [7, 11) is 0. The standard InChI is InChI=1S/C18H12ClN3O5S/c19-12-4-6-13(7-5-12)20-16(23)10-21-17(24)15(28-18(21)25)9-11-2-1-3-14(8-11)22(26)27/h1-9H,10H2,(H,20,23)/b15-9-. The molecule has 142 valence electrons. The minimum Gasteiger partial charge on any atom is -0.325 e. The molecule has 1 aliphatic rings. The van der Waals surface area contributed by atoms with Crippen molar-refractivity contribution >= 4 is 57.9 Å². The molecule has 1 N–H and O–H groups in total. The summed E-state index contributed by atoms with van der Waals surface area (Å²) in [4.78, 5) is 47.9. The predicted octanol–water partition coefficient (Wildman–Crippen LogP) is 3.92. The highest BCUT2D eigenvalue weighted by molar-refractivity contribution is 8.18. The van der Waals surface area contributed by atoms with Crippen LogP contribution in [0.3, 0.4) is 0 Å². The van der Waals surface area contributed by atoms with Crippen molar-refractivity contribution in [2.75, 3.05) is 11.9 Å². The number of carbonyl (C=O) groups excluding carboxylic acids is 3. The number of amides is 3. The van der Waals surface area contributed by atoms with Crippen LogP contribution in [0, 0.1) is 10.1 Å². The fourth-order valence-electron chi connectivity index (χ4n) is 2.39. The minimum absolute atomic E-state index is 0.0878. The van der Waals surface area contributed by atoms with E-state index in [-0.39, 0.29) is 10.6 Å². The van der Waals surface area contributed by atoms with Crippen LogP contribution >= 0.6 is 23.4 Å². The third kappa shape index (κ3) is 4.56. The van der Waals surface area contributed by atoms with E-state index in [0.717, 1.165) is 4.90 Å².